The highest BCUT2D eigenvalue weighted by Crippen LogP contribution is 2.14. The molecule has 1 saturated heterocycles. The maximum atomic E-state index is 3.85. The Balaban J connectivity index is 2.25. The first kappa shape index (κ1) is 5.83. The van der Waals surface area contributed by atoms with E-state index in [4.69, 9.17) is 0 Å². The van der Waals surface area contributed by atoms with E-state index < -0.39 is 0 Å². The van der Waals surface area contributed by atoms with Crippen molar-refractivity contribution in [2.45, 2.75) is 19.9 Å². The Labute approximate surface area is 51.0 Å². The average Bonchev–Trinajstić information content (AvgIpc) is 1.57. The second-order valence-corrected chi connectivity index (χ2v) is 2.75. The topological polar surface area (TPSA) is 3.24 Å². The van der Waals surface area contributed by atoms with Gasteiger partial charge in [0.2, 0.25) is 0 Å². The molecule has 0 spiro atoms. The Hall–Kier alpha value is -0.300. The van der Waals surface area contributed by atoms with Gasteiger partial charge in [0.25, 0.3) is 0 Å². The summed E-state index contributed by atoms with van der Waals surface area (Å²) < 4.78 is 0. The largest absolute Gasteiger partial charge is 0.293 e. The molecule has 0 N–H and O–H groups in total. The second kappa shape index (κ2) is 1.90. The molecule has 0 atom stereocenters. The van der Waals surface area contributed by atoms with Gasteiger partial charge in [-0.05, 0) is 19.4 Å². The predicted octanol–water partition coefficient (Wildman–Crippen LogP) is 1.27. The van der Waals surface area contributed by atoms with Crippen LogP contribution >= 0.6 is 0 Å². The van der Waals surface area contributed by atoms with Crippen molar-refractivity contribution in [3.8, 4) is 0 Å². The first-order valence-electron chi connectivity index (χ1n) is 3.11. The van der Waals surface area contributed by atoms with E-state index in [0.29, 0.717) is 6.04 Å². The molecule has 0 amide bonds. The molecule has 1 nitrogen and oxygen atoms in total. The maximum Gasteiger partial charge on any atom is 0.0209 e. The van der Waals surface area contributed by atoms with E-state index in [-0.39, 0.29) is 0 Å². The van der Waals surface area contributed by atoms with Crippen molar-refractivity contribution >= 4 is 0 Å². The summed E-state index contributed by atoms with van der Waals surface area (Å²) in [4.78, 5) is 2.39. The summed E-state index contributed by atoms with van der Waals surface area (Å²) in [5, 5.41) is 0. The van der Waals surface area contributed by atoms with Crippen LogP contribution in [0.3, 0.4) is 0 Å². The molecule has 0 aromatic carbocycles. The van der Waals surface area contributed by atoms with Gasteiger partial charge in [-0.3, -0.25) is 4.90 Å². The van der Waals surface area contributed by atoms with Crippen LogP contribution in [0.2, 0.25) is 0 Å². The van der Waals surface area contributed by atoms with Crippen molar-refractivity contribution in [1.29, 1.82) is 0 Å². The van der Waals surface area contributed by atoms with Gasteiger partial charge in [0.15, 0.2) is 0 Å². The molecule has 0 aromatic heterocycles. The van der Waals surface area contributed by atoms with Crippen molar-refractivity contribution in [3.05, 3.63) is 12.2 Å². The standard InChI is InChI=1S/C7H13N/c1-6(2)8-4-7(3)5-8/h6H,3-5H2,1-2H3. The Bertz CT molecular complexity index is 97.0. The molecule has 0 aromatic rings. The van der Waals surface area contributed by atoms with E-state index in [0.717, 1.165) is 13.1 Å². The van der Waals surface area contributed by atoms with Crippen LogP contribution < -0.4 is 0 Å². The van der Waals surface area contributed by atoms with E-state index in [1.54, 1.807) is 0 Å². The third-order valence-corrected chi connectivity index (χ3v) is 1.58. The molecule has 0 bridgehead atoms. The Kier molecular flexibility index (Phi) is 1.39. The molecule has 8 heavy (non-hydrogen) atoms. The highest BCUT2D eigenvalue weighted by atomic mass is 15.2. The molecular formula is C7H13N. The summed E-state index contributed by atoms with van der Waals surface area (Å²) in [5.74, 6) is 0. The van der Waals surface area contributed by atoms with Gasteiger partial charge in [0.1, 0.15) is 0 Å². The van der Waals surface area contributed by atoms with E-state index in [1.165, 1.54) is 5.57 Å². The van der Waals surface area contributed by atoms with Crippen LogP contribution in [-0.2, 0) is 0 Å². The van der Waals surface area contributed by atoms with Gasteiger partial charge in [-0.2, -0.15) is 0 Å². The minimum Gasteiger partial charge on any atom is -0.293 e. The van der Waals surface area contributed by atoms with Gasteiger partial charge in [0.05, 0.1) is 0 Å². The third kappa shape index (κ3) is 0.920. The number of hydrogen-bond donors (Lipinski definition) is 0. The van der Waals surface area contributed by atoms with Crippen LogP contribution in [-0.4, -0.2) is 24.0 Å². The van der Waals surface area contributed by atoms with Crippen molar-refractivity contribution in [2.24, 2.45) is 0 Å². The van der Waals surface area contributed by atoms with Crippen LogP contribution in [0.1, 0.15) is 13.8 Å². The lowest BCUT2D eigenvalue weighted by molar-refractivity contribution is 0.199. The minimum absolute atomic E-state index is 0.709. The zero-order valence-corrected chi connectivity index (χ0v) is 5.65. The monoisotopic (exact) mass is 111 g/mol. The molecule has 1 heterocycles. The highest BCUT2D eigenvalue weighted by molar-refractivity contribution is 5.10. The average molecular weight is 111 g/mol. The van der Waals surface area contributed by atoms with Crippen LogP contribution in [0.4, 0.5) is 0 Å². The van der Waals surface area contributed by atoms with Crippen LogP contribution in [0.25, 0.3) is 0 Å². The smallest absolute Gasteiger partial charge is 0.0209 e. The van der Waals surface area contributed by atoms with Gasteiger partial charge in [0, 0.05) is 19.1 Å². The fourth-order valence-corrected chi connectivity index (χ4v) is 0.893. The SMILES string of the molecule is C=C1CN(C(C)C)C1. The van der Waals surface area contributed by atoms with Gasteiger partial charge in [-0.25, -0.2) is 0 Å². The fraction of sp³-hybridized carbons (Fsp3) is 0.714. The summed E-state index contributed by atoms with van der Waals surface area (Å²) in [6.07, 6.45) is 0. The predicted molar refractivity (Wildman–Crippen MR) is 35.8 cm³/mol. The van der Waals surface area contributed by atoms with Crippen LogP contribution in [0.5, 0.6) is 0 Å². The lowest BCUT2D eigenvalue weighted by Gasteiger charge is -2.36. The van der Waals surface area contributed by atoms with Crippen molar-refractivity contribution in [2.75, 3.05) is 13.1 Å². The number of hydrogen-bond acceptors (Lipinski definition) is 1. The summed E-state index contributed by atoms with van der Waals surface area (Å²) in [6, 6.07) is 0.709. The molecule has 1 rings (SSSR count). The zero-order chi connectivity index (χ0) is 6.15. The van der Waals surface area contributed by atoms with E-state index in [2.05, 4.69) is 25.3 Å². The third-order valence-electron chi connectivity index (χ3n) is 1.58. The van der Waals surface area contributed by atoms with Crippen molar-refractivity contribution < 1.29 is 0 Å². The molecular weight excluding hydrogens is 98.1 g/mol. The fourth-order valence-electron chi connectivity index (χ4n) is 0.893. The van der Waals surface area contributed by atoms with E-state index >= 15 is 0 Å². The lowest BCUT2D eigenvalue weighted by Crippen LogP contribution is -2.43. The van der Waals surface area contributed by atoms with E-state index in [9.17, 15) is 0 Å². The van der Waals surface area contributed by atoms with Gasteiger partial charge >= 0.3 is 0 Å². The van der Waals surface area contributed by atoms with Crippen molar-refractivity contribution in [1.82, 2.24) is 4.90 Å². The molecule has 1 aliphatic rings. The van der Waals surface area contributed by atoms with Crippen LogP contribution in [0.15, 0.2) is 12.2 Å². The minimum atomic E-state index is 0.709. The molecule has 0 aliphatic carbocycles. The second-order valence-electron chi connectivity index (χ2n) is 2.75. The zero-order valence-electron chi connectivity index (χ0n) is 5.65. The normalized spacial score (nSPS) is 21.6. The van der Waals surface area contributed by atoms with Gasteiger partial charge in [-0.1, -0.05) is 6.58 Å². The molecule has 0 unspecified atom stereocenters. The first-order valence-corrected chi connectivity index (χ1v) is 3.11. The summed E-state index contributed by atoms with van der Waals surface area (Å²) in [5.41, 5.74) is 1.37. The molecule has 1 heteroatoms. The number of nitrogens with zero attached hydrogens (tertiary/aromatic N) is 1. The molecule has 46 valence electrons. The lowest BCUT2D eigenvalue weighted by atomic mass is 10.1. The molecule has 0 radical (unpaired) electrons. The first-order chi connectivity index (χ1) is 3.70. The summed E-state index contributed by atoms with van der Waals surface area (Å²) in [6.45, 7) is 10.5. The Morgan fingerprint density at radius 1 is 1.50 bits per heavy atom. The number of likely N-dealkylation sites (tertiary alicyclic amines) is 1. The Morgan fingerprint density at radius 3 is 2.12 bits per heavy atom. The van der Waals surface area contributed by atoms with Gasteiger partial charge in [-0.15, -0.1) is 0 Å². The van der Waals surface area contributed by atoms with Crippen LogP contribution in [0, 0.1) is 0 Å². The quantitative estimate of drug-likeness (QED) is 0.460. The highest BCUT2D eigenvalue weighted by Gasteiger charge is 2.19. The summed E-state index contributed by atoms with van der Waals surface area (Å²) in [7, 11) is 0. The van der Waals surface area contributed by atoms with Crippen molar-refractivity contribution in [3.63, 3.8) is 0 Å². The number of rotatable bonds is 1. The summed E-state index contributed by atoms with van der Waals surface area (Å²) >= 11 is 0. The Morgan fingerprint density at radius 2 is 2.00 bits per heavy atom. The molecule has 1 aliphatic heterocycles. The maximum absolute atomic E-state index is 3.85. The molecule has 1 fully saturated rings. The molecule has 0 saturated carbocycles. The van der Waals surface area contributed by atoms with E-state index in [1.807, 2.05) is 0 Å². The van der Waals surface area contributed by atoms with Gasteiger partial charge < -0.3 is 0 Å².